The van der Waals surface area contributed by atoms with E-state index in [1.807, 2.05) is 0 Å². The Kier molecular flexibility index (Phi) is 2.41. The Morgan fingerprint density at radius 3 is 3.00 bits per heavy atom. The van der Waals surface area contributed by atoms with Crippen molar-refractivity contribution in [1.29, 1.82) is 0 Å². The first-order chi connectivity index (χ1) is 6.17. The van der Waals surface area contributed by atoms with Crippen LogP contribution in [0, 0.1) is 0 Å². The molecule has 13 heavy (non-hydrogen) atoms. The van der Waals surface area contributed by atoms with Crippen LogP contribution in [0.2, 0.25) is 0 Å². The molecule has 72 valence electrons. The van der Waals surface area contributed by atoms with Crippen LogP contribution in [0.3, 0.4) is 0 Å². The lowest BCUT2D eigenvalue weighted by atomic mass is 10.0. The molecule has 2 rings (SSSR count). The molecule has 1 fully saturated rings. The molecule has 1 aliphatic heterocycles. The number of thiophene rings is 1. The minimum absolute atomic E-state index is 0.133. The van der Waals surface area contributed by atoms with Gasteiger partial charge in [0, 0.05) is 17.0 Å². The van der Waals surface area contributed by atoms with Crippen LogP contribution in [0.4, 0.5) is 0 Å². The van der Waals surface area contributed by atoms with Gasteiger partial charge in [-0.2, -0.15) is 0 Å². The third-order valence-corrected chi connectivity index (χ3v) is 3.24. The summed E-state index contributed by atoms with van der Waals surface area (Å²) >= 11 is 1.76. The van der Waals surface area contributed by atoms with Crippen LogP contribution in [0.1, 0.15) is 24.8 Å². The summed E-state index contributed by atoms with van der Waals surface area (Å²) in [5, 5.41) is 5.57. The van der Waals surface area contributed by atoms with Crippen molar-refractivity contribution in [2.75, 3.05) is 13.2 Å². The molecule has 0 bridgehead atoms. The lowest BCUT2D eigenvalue weighted by Crippen LogP contribution is -2.50. The Labute approximate surface area is 82.9 Å². The molecule has 1 aromatic heterocycles. The van der Waals surface area contributed by atoms with Gasteiger partial charge in [-0.1, -0.05) is 6.07 Å². The summed E-state index contributed by atoms with van der Waals surface area (Å²) < 4.78 is 5.79. The van der Waals surface area contributed by atoms with Crippen molar-refractivity contribution in [1.82, 2.24) is 5.32 Å². The van der Waals surface area contributed by atoms with Crippen molar-refractivity contribution in [2.45, 2.75) is 25.5 Å². The Balaban J connectivity index is 1.99. The van der Waals surface area contributed by atoms with Crippen molar-refractivity contribution in [3.63, 3.8) is 0 Å². The molecule has 0 aliphatic carbocycles. The molecule has 0 radical (unpaired) electrons. The van der Waals surface area contributed by atoms with Crippen LogP contribution in [0.5, 0.6) is 0 Å². The lowest BCUT2D eigenvalue weighted by molar-refractivity contribution is -0.0211. The molecular formula is C10H15NOS. The summed E-state index contributed by atoms with van der Waals surface area (Å²) in [5.74, 6) is 0. The van der Waals surface area contributed by atoms with E-state index < -0.39 is 0 Å². The zero-order valence-corrected chi connectivity index (χ0v) is 8.86. The first-order valence-electron chi connectivity index (χ1n) is 4.57. The van der Waals surface area contributed by atoms with Crippen LogP contribution in [0.15, 0.2) is 17.5 Å². The quantitative estimate of drug-likeness (QED) is 0.745. The van der Waals surface area contributed by atoms with E-state index in [1.165, 1.54) is 4.88 Å². The van der Waals surface area contributed by atoms with E-state index in [4.69, 9.17) is 4.74 Å². The van der Waals surface area contributed by atoms with Gasteiger partial charge < -0.3 is 10.1 Å². The normalized spacial score (nSPS) is 27.4. The summed E-state index contributed by atoms with van der Waals surface area (Å²) in [6.45, 7) is 6.04. The largest absolute Gasteiger partial charge is 0.369 e. The van der Waals surface area contributed by atoms with Crippen molar-refractivity contribution in [3.05, 3.63) is 22.4 Å². The van der Waals surface area contributed by atoms with Gasteiger partial charge in [-0.3, -0.25) is 0 Å². The zero-order valence-electron chi connectivity index (χ0n) is 8.04. The van der Waals surface area contributed by atoms with E-state index in [0.29, 0.717) is 0 Å². The second kappa shape index (κ2) is 3.40. The highest BCUT2D eigenvalue weighted by atomic mass is 32.1. The molecule has 0 saturated carbocycles. The summed E-state index contributed by atoms with van der Waals surface area (Å²) in [6.07, 6.45) is 0.257. The topological polar surface area (TPSA) is 21.3 Å². The Morgan fingerprint density at radius 1 is 1.62 bits per heavy atom. The van der Waals surface area contributed by atoms with Gasteiger partial charge in [0.15, 0.2) is 0 Å². The fourth-order valence-electron chi connectivity index (χ4n) is 1.45. The highest BCUT2D eigenvalue weighted by Crippen LogP contribution is 2.26. The molecule has 0 amide bonds. The zero-order chi connectivity index (χ0) is 9.31. The maximum absolute atomic E-state index is 5.79. The molecule has 0 aromatic carbocycles. The Bertz CT molecular complexity index is 258. The van der Waals surface area contributed by atoms with Crippen LogP contribution in [0.25, 0.3) is 0 Å². The molecule has 1 saturated heterocycles. The van der Waals surface area contributed by atoms with Crippen molar-refractivity contribution < 1.29 is 4.74 Å². The highest BCUT2D eigenvalue weighted by Gasteiger charge is 2.27. The van der Waals surface area contributed by atoms with E-state index in [9.17, 15) is 0 Å². The van der Waals surface area contributed by atoms with Crippen molar-refractivity contribution in [2.24, 2.45) is 0 Å². The van der Waals surface area contributed by atoms with Gasteiger partial charge >= 0.3 is 0 Å². The fourth-order valence-corrected chi connectivity index (χ4v) is 2.22. The molecule has 1 atom stereocenters. The average Bonchev–Trinajstić information content (AvgIpc) is 2.56. The number of ether oxygens (including phenoxy) is 1. The minimum Gasteiger partial charge on any atom is -0.369 e. The van der Waals surface area contributed by atoms with Crippen LogP contribution in [-0.4, -0.2) is 18.7 Å². The van der Waals surface area contributed by atoms with Gasteiger partial charge in [0.05, 0.1) is 6.61 Å². The number of rotatable bonds is 1. The minimum atomic E-state index is 0.133. The molecule has 3 heteroatoms. The Morgan fingerprint density at radius 2 is 2.46 bits per heavy atom. The highest BCUT2D eigenvalue weighted by molar-refractivity contribution is 7.10. The molecule has 2 heterocycles. The smallest absolute Gasteiger partial charge is 0.104 e. The molecule has 1 N–H and O–H groups in total. The standard InChI is InChI=1S/C10H15NOS/c1-10(2)7-12-8(6-11-10)9-4-3-5-13-9/h3-5,8,11H,6-7H2,1-2H3. The van der Waals surface area contributed by atoms with E-state index >= 15 is 0 Å². The average molecular weight is 197 g/mol. The maximum atomic E-state index is 5.79. The molecule has 1 aromatic rings. The number of hydrogen-bond donors (Lipinski definition) is 1. The van der Waals surface area contributed by atoms with Gasteiger partial charge in [-0.05, 0) is 25.3 Å². The SMILES string of the molecule is CC1(C)COC(c2cccs2)CN1. The number of morpholine rings is 1. The summed E-state index contributed by atoms with van der Waals surface area (Å²) in [6, 6.07) is 4.21. The monoisotopic (exact) mass is 197 g/mol. The number of hydrogen-bond acceptors (Lipinski definition) is 3. The summed E-state index contributed by atoms with van der Waals surface area (Å²) in [7, 11) is 0. The third kappa shape index (κ3) is 2.10. The van der Waals surface area contributed by atoms with E-state index in [-0.39, 0.29) is 11.6 Å². The molecule has 1 aliphatic rings. The van der Waals surface area contributed by atoms with Crippen molar-refractivity contribution >= 4 is 11.3 Å². The van der Waals surface area contributed by atoms with Gasteiger partial charge in [0.25, 0.3) is 0 Å². The predicted octanol–water partition coefficient (Wildman–Crippen LogP) is 2.19. The van der Waals surface area contributed by atoms with E-state index in [1.54, 1.807) is 11.3 Å². The van der Waals surface area contributed by atoms with E-state index in [2.05, 4.69) is 36.7 Å². The molecule has 1 unspecified atom stereocenters. The maximum Gasteiger partial charge on any atom is 0.104 e. The molecule has 0 spiro atoms. The summed E-state index contributed by atoms with van der Waals surface area (Å²) in [4.78, 5) is 1.32. The summed E-state index contributed by atoms with van der Waals surface area (Å²) in [5.41, 5.74) is 0.133. The van der Waals surface area contributed by atoms with Crippen LogP contribution >= 0.6 is 11.3 Å². The van der Waals surface area contributed by atoms with Gasteiger partial charge in [-0.25, -0.2) is 0 Å². The van der Waals surface area contributed by atoms with Crippen LogP contribution < -0.4 is 5.32 Å². The van der Waals surface area contributed by atoms with Crippen molar-refractivity contribution in [3.8, 4) is 0 Å². The van der Waals surface area contributed by atoms with E-state index in [0.717, 1.165) is 13.2 Å². The first kappa shape index (κ1) is 9.19. The number of nitrogens with one attached hydrogen (secondary N) is 1. The van der Waals surface area contributed by atoms with Gasteiger partial charge in [-0.15, -0.1) is 11.3 Å². The molecule has 2 nitrogen and oxygen atoms in total. The van der Waals surface area contributed by atoms with Gasteiger partial charge in [0.2, 0.25) is 0 Å². The van der Waals surface area contributed by atoms with Gasteiger partial charge in [0.1, 0.15) is 6.10 Å². The Hall–Kier alpha value is -0.380. The van der Waals surface area contributed by atoms with Crippen LogP contribution in [-0.2, 0) is 4.74 Å². The second-order valence-electron chi connectivity index (χ2n) is 4.08. The molecular weight excluding hydrogens is 182 g/mol. The fraction of sp³-hybridized carbons (Fsp3) is 0.600. The third-order valence-electron chi connectivity index (χ3n) is 2.27. The predicted molar refractivity (Wildman–Crippen MR) is 55.1 cm³/mol. The lowest BCUT2D eigenvalue weighted by Gasteiger charge is -2.35. The second-order valence-corrected chi connectivity index (χ2v) is 5.06. The first-order valence-corrected chi connectivity index (χ1v) is 5.45.